The quantitative estimate of drug-likeness (QED) is 0.892. The zero-order valence-electron chi connectivity index (χ0n) is 11.0. The molecule has 100 valence electrons. The molecule has 2 unspecified atom stereocenters. The van der Waals surface area contributed by atoms with E-state index in [1.165, 1.54) is 4.68 Å². The van der Waals surface area contributed by atoms with Crippen LogP contribution in [0.25, 0.3) is 11.5 Å². The van der Waals surface area contributed by atoms with Crippen molar-refractivity contribution in [2.45, 2.75) is 26.8 Å². The summed E-state index contributed by atoms with van der Waals surface area (Å²) in [7, 11) is 0. The number of hydrogen-bond acceptors (Lipinski definition) is 5. The van der Waals surface area contributed by atoms with Crippen molar-refractivity contribution in [1.82, 2.24) is 25.2 Å². The molecule has 2 aromatic rings. The van der Waals surface area contributed by atoms with Crippen LogP contribution in [-0.2, 0) is 4.79 Å². The van der Waals surface area contributed by atoms with Gasteiger partial charge in [0.15, 0.2) is 0 Å². The normalized spacial score (nSPS) is 14.1. The molecule has 0 radical (unpaired) electrons. The topological polar surface area (TPSA) is 93.8 Å². The maximum absolute atomic E-state index is 11.0. The third-order valence-corrected chi connectivity index (χ3v) is 3.11. The molecule has 0 bridgehead atoms. The minimum atomic E-state index is -0.883. The molecule has 0 aliphatic rings. The van der Waals surface area contributed by atoms with Gasteiger partial charge < -0.3 is 5.11 Å². The molecule has 0 aliphatic carbocycles. The summed E-state index contributed by atoms with van der Waals surface area (Å²) in [6.07, 6.45) is 0. The Balaban J connectivity index is 2.40. The van der Waals surface area contributed by atoms with E-state index < -0.39 is 11.9 Å². The lowest BCUT2D eigenvalue weighted by Crippen LogP contribution is -2.23. The highest BCUT2D eigenvalue weighted by Crippen LogP contribution is 2.22. The summed E-state index contributed by atoms with van der Waals surface area (Å²) < 4.78 is 1.50. The molecule has 7 nitrogen and oxygen atoms in total. The molecule has 2 atom stereocenters. The monoisotopic (exact) mass is 261 g/mol. The lowest BCUT2D eigenvalue weighted by atomic mass is 10.0. The van der Waals surface area contributed by atoms with Crippen LogP contribution < -0.4 is 0 Å². The van der Waals surface area contributed by atoms with E-state index in [1.807, 2.05) is 19.1 Å². The molecule has 0 aliphatic heterocycles. The van der Waals surface area contributed by atoms with Crippen LogP contribution in [0.15, 0.2) is 18.2 Å². The number of carbonyl (C=O) groups is 1. The van der Waals surface area contributed by atoms with Crippen LogP contribution in [0, 0.1) is 12.8 Å². The van der Waals surface area contributed by atoms with Gasteiger partial charge in [-0.3, -0.25) is 4.79 Å². The van der Waals surface area contributed by atoms with E-state index in [0.717, 1.165) is 5.69 Å². The first-order valence-corrected chi connectivity index (χ1v) is 5.95. The summed E-state index contributed by atoms with van der Waals surface area (Å²) >= 11 is 0. The fourth-order valence-corrected chi connectivity index (χ4v) is 1.72. The third-order valence-electron chi connectivity index (χ3n) is 3.11. The van der Waals surface area contributed by atoms with E-state index >= 15 is 0 Å². The molecular weight excluding hydrogens is 246 g/mol. The van der Waals surface area contributed by atoms with Crippen molar-refractivity contribution in [2.75, 3.05) is 0 Å². The van der Waals surface area contributed by atoms with Crippen LogP contribution in [0.1, 0.15) is 25.6 Å². The van der Waals surface area contributed by atoms with E-state index in [-0.39, 0.29) is 6.04 Å². The van der Waals surface area contributed by atoms with Gasteiger partial charge in [0.05, 0.1) is 12.0 Å². The molecule has 0 aromatic carbocycles. The van der Waals surface area contributed by atoms with Gasteiger partial charge in [-0.15, -0.1) is 5.10 Å². The van der Waals surface area contributed by atoms with Gasteiger partial charge in [0.25, 0.3) is 0 Å². The Morgan fingerprint density at radius 1 is 1.37 bits per heavy atom. The molecule has 0 saturated carbocycles. The van der Waals surface area contributed by atoms with E-state index in [9.17, 15) is 4.79 Å². The Labute approximate surface area is 110 Å². The SMILES string of the molecule is Cc1cccc(-c2nnnn2C(C)C(C)C(=O)O)n1. The summed E-state index contributed by atoms with van der Waals surface area (Å²) in [6.45, 7) is 5.28. The predicted octanol–water partition coefficient (Wildman–Crippen LogP) is 1.33. The second-order valence-corrected chi connectivity index (χ2v) is 4.48. The second-order valence-electron chi connectivity index (χ2n) is 4.48. The van der Waals surface area contributed by atoms with Gasteiger partial charge in [-0.2, -0.15) is 0 Å². The average Bonchev–Trinajstić information content (AvgIpc) is 2.86. The number of tetrazole rings is 1. The fraction of sp³-hybridized carbons (Fsp3) is 0.417. The standard InChI is InChI=1S/C12H15N5O2/c1-7-5-4-6-10(13-7)11-14-15-16-17(11)9(3)8(2)12(18)19/h4-6,8-9H,1-3H3,(H,18,19). The summed E-state index contributed by atoms with van der Waals surface area (Å²) in [4.78, 5) is 15.4. The molecule has 2 heterocycles. The van der Waals surface area contributed by atoms with Crippen LogP contribution in [0.5, 0.6) is 0 Å². The highest BCUT2D eigenvalue weighted by atomic mass is 16.4. The maximum atomic E-state index is 11.0. The van der Waals surface area contributed by atoms with E-state index in [2.05, 4.69) is 20.5 Å². The predicted molar refractivity (Wildman–Crippen MR) is 67.3 cm³/mol. The molecular formula is C12H15N5O2. The molecule has 7 heteroatoms. The van der Waals surface area contributed by atoms with E-state index in [0.29, 0.717) is 11.5 Å². The fourth-order valence-electron chi connectivity index (χ4n) is 1.72. The van der Waals surface area contributed by atoms with Crippen LogP contribution in [0.2, 0.25) is 0 Å². The minimum absolute atomic E-state index is 0.357. The zero-order valence-corrected chi connectivity index (χ0v) is 11.0. The van der Waals surface area contributed by atoms with Crippen molar-refractivity contribution in [2.24, 2.45) is 5.92 Å². The molecule has 0 saturated heterocycles. The number of aliphatic carboxylic acids is 1. The lowest BCUT2D eigenvalue weighted by molar-refractivity contribution is -0.142. The van der Waals surface area contributed by atoms with Gasteiger partial charge in [0, 0.05) is 5.69 Å². The van der Waals surface area contributed by atoms with Gasteiger partial charge in [-0.1, -0.05) is 6.07 Å². The lowest BCUT2D eigenvalue weighted by Gasteiger charge is -2.17. The summed E-state index contributed by atoms with van der Waals surface area (Å²) in [5.74, 6) is -0.998. The van der Waals surface area contributed by atoms with Gasteiger partial charge in [0.2, 0.25) is 5.82 Å². The number of rotatable bonds is 4. The van der Waals surface area contributed by atoms with Gasteiger partial charge in [0.1, 0.15) is 5.69 Å². The van der Waals surface area contributed by atoms with Crippen LogP contribution in [-0.4, -0.2) is 36.3 Å². The average molecular weight is 261 g/mol. The smallest absolute Gasteiger partial charge is 0.308 e. The first-order chi connectivity index (χ1) is 9.00. The van der Waals surface area contributed by atoms with E-state index in [1.54, 1.807) is 19.9 Å². The molecule has 0 spiro atoms. The van der Waals surface area contributed by atoms with Crippen molar-refractivity contribution in [3.63, 3.8) is 0 Å². The number of carboxylic acid groups (broad SMARTS) is 1. The van der Waals surface area contributed by atoms with Gasteiger partial charge in [-0.05, 0) is 43.3 Å². The first kappa shape index (κ1) is 13.1. The van der Waals surface area contributed by atoms with Gasteiger partial charge in [-0.25, -0.2) is 9.67 Å². The van der Waals surface area contributed by atoms with Crippen molar-refractivity contribution in [3.05, 3.63) is 23.9 Å². The summed E-state index contributed by atoms with van der Waals surface area (Å²) in [5.41, 5.74) is 1.49. The van der Waals surface area contributed by atoms with Crippen LogP contribution in [0.4, 0.5) is 0 Å². The number of nitrogens with zero attached hydrogens (tertiary/aromatic N) is 5. The van der Waals surface area contributed by atoms with Crippen molar-refractivity contribution in [3.8, 4) is 11.5 Å². The highest BCUT2D eigenvalue weighted by molar-refractivity contribution is 5.70. The Bertz CT molecular complexity index is 595. The summed E-state index contributed by atoms with van der Waals surface area (Å²) in [5, 5.41) is 20.5. The number of pyridine rings is 1. The van der Waals surface area contributed by atoms with Crippen LogP contribution >= 0.6 is 0 Å². The minimum Gasteiger partial charge on any atom is -0.481 e. The van der Waals surface area contributed by atoms with Gasteiger partial charge >= 0.3 is 5.97 Å². The molecule has 2 rings (SSSR count). The Kier molecular flexibility index (Phi) is 3.55. The molecule has 1 N–H and O–H groups in total. The Hall–Kier alpha value is -2.31. The number of aryl methyl sites for hydroxylation is 1. The molecule has 0 fully saturated rings. The third kappa shape index (κ3) is 2.59. The summed E-state index contributed by atoms with van der Waals surface area (Å²) in [6, 6.07) is 5.18. The number of carboxylic acids is 1. The number of aromatic nitrogens is 5. The maximum Gasteiger partial charge on any atom is 0.308 e. The second kappa shape index (κ2) is 5.13. The van der Waals surface area contributed by atoms with E-state index in [4.69, 9.17) is 5.11 Å². The largest absolute Gasteiger partial charge is 0.481 e. The molecule has 2 aromatic heterocycles. The number of hydrogen-bond donors (Lipinski definition) is 1. The molecule has 19 heavy (non-hydrogen) atoms. The zero-order chi connectivity index (χ0) is 14.0. The highest BCUT2D eigenvalue weighted by Gasteiger charge is 2.25. The first-order valence-electron chi connectivity index (χ1n) is 5.95. The van der Waals surface area contributed by atoms with Crippen molar-refractivity contribution < 1.29 is 9.90 Å². The van der Waals surface area contributed by atoms with Crippen LogP contribution in [0.3, 0.4) is 0 Å². The van der Waals surface area contributed by atoms with Crippen molar-refractivity contribution >= 4 is 5.97 Å². The Morgan fingerprint density at radius 3 is 2.74 bits per heavy atom. The Morgan fingerprint density at radius 2 is 2.11 bits per heavy atom. The molecule has 0 amide bonds. The van der Waals surface area contributed by atoms with Crippen molar-refractivity contribution in [1.29, 1.82) is 0 Å².